The molecular weight excluding hydrogens is 307 g/mol. The van der Waals surface area contributed by atoms with Crippen molar-refractivity contribution >= 4 is 11.8 Å². The fraction of sp³-hybridized carbons (Fsp3) is 0.176. The number of rotatable bonds is 4. The molecule has 23 heavy (non-hydrogen) atoms. The van der Waals surface area contributed by atoms with Crippen LogP contribution in [0, 0.1) is 6.92 Å². The van der Waals surface area contributed by atoms with Crippen molar-refractivity contribution in [1.82, 2.24) is 0 Å². The Bertz CT molecular complexity index is 722. The Morgan fingerprint density at radius 2 is 1.78 bits per heavy atom. The molecule has 0 heterocycles. The number of methoxy groups -OCH3 is 1. The molecule has 2 aromatic carbocycles. The van der Waals surface area contributed by atoms with Crippen LogP contribution in [0.5, 0.6) is 11.5 Å². The number of benzene rings is 2. The van der Waals surface area contributed by atoms with Gasteiger partial charge in [-0.2, -0.15) is 0 Å². The molecule has 122 valence electrons. The van der Waals surface area contributed by atoms with Gasteiger partial charge in [0.1, 0.15) is 11.5 Å². The van der Waals surface area contributed by atoms with E-state index in [4.69, 9.17) is 10.5 Å². The molecule has 0 radical (unpaired) electrons. The van der Waals surface area contributed by atoms with E-state index in [9.17, 15) is 13.2 Å². The van der Waals surface area contributed by atoms with Gasteiger partial charge in [-0.25, -0.2) is 0 Å². The maximum Gasteiger partial charge on any atom is 0.573 e. The third-order valence-electron chi connectivity index (χ3n) is 3.41. The summed E-state index contributed by atoms with van der Waals surface area (Å²) in [6.07, 6.45) is -3.11. The second-order valence-electron chi connectivity index (χ2n) is 4.86. The lowest BCUT2D eigenvalue weighted by atomic mass is 9.95. The Hall–Kier alpha value is -2.63. The average Bonchev–Trinajstić information content (AvgIpc) is 2.48. The van der Waals surface area contributed by atoms with Crippen LogP contribution in [0.2, 0.25) is 0 Å². The van der Waals surface area contributed by atoms with Gasteiger partial charge in [0.05, 0.1) is 7.11 Å². The van der Waals surface area contributed by atoms with Crippen LogP contribution in [-0.2, 0) is 0 Å². The number of hydrogen-bond acceptors (Lipinski definition) is 3. The summed E-state index contributed by atoms with van der Waals surface area (Å²) < 4.78 is 45.8. The minimum Gasteiger partial charge on any atom is -0.496 e. The SMILES string of the molecule is C=Cc1c(N)cc(-c2ccc(OC(F)(F)F)cc2)c(C)c1OC. The van der Waals surface area contributed by atoms with Crippen molar-refractivity contribution in [3.63, 3.8) is 0 Å². The quantitative estimate of drug-likeness (QED) is 0.822. The molecule has 3 nitrogen and oxygen atoms in total. The van der Waals surface area contributed by atoms with Gasteiger partial charge in [0.15, 0.2) is 0 Å². The van der Waals surface area contributed by atoms with Crippen molar-refractivity contribution in [1.29, 1.82) is 0 Å². The first-order chi connectivity index (χ1) is 10.8. The monoisotopic (exact) mass is 323 g/mol. The number of alkyl halides is 3. The molecule has 0 bridgehead atoms. The van der Waals surface area contributed by atoms with Gasteiger partial charge in [0.2, 0.25) is 0 Å². The summed E-state index contributed by atoms with van der Waals surface area (Å²) in [5, 5.41) is 0. The number of nitrogen functional groups attached to an aromatic ring is 1. The summed E-state index contributed by atoms with van der Waals surface area (Å²) in [6, 6.07) is 7.33. The van der Waals surface area contributed by atoms with Crippen molar-refractivity contribution in [3.8, 4) is 22.6 Å². The van der Waals surface area contributed by atoms with E-state index in [-0.39, 0.29) is 5.75 Å². The number of nitrogens with two attached hydrogens (primary N) is 1. The Kier molecular flexibility index (Phi) is 4.54. The molecule has 0 aliphatic rings. The normalized spacial score (nSPS) is 11.2. The van der Waals surface area contributed by atoms with Gasteiger partial charge < -0.3 is 15.2 Å². The molecule has 0 amide bonds. The molecule has 0 unspecified atom stereocenters. The number of hydrogen-bond donors (Lipinski definition) is 1. The first kappa shape index (κ1) is 16.7. The zero-order valence-electron chi connectivity index (χ0n) is 12.7. The Morgan fingerprint density at radius 3 is 2.26 bits per heavy atom. The van der Waals surface area contributed by atoms with Crippen molar-refractivity contribution < 1.29 is 22.6 Å². The minimum atomic E-state index is -4.71. The van der Waals surface area contributed by atoms with E-state index in [0.29, 0.717) is 22.6 Å². The summed E-state index contributed by atoms with van der Waals surface area (Å²) >= 11 is 0. The van der Waals surface area contributed by atoms with Crippen molar-refractivity contribution in [3.05, 3.63) is 48.0 Å². The molecule has 0 spiro atoms. The van der Waals surface area contributed by atoms with Gasteiger partial charge in [-0.05, 0) is 41.8 Å². The summed E-state index contributed by atoms with van der Waals surface area (Å²) in [6.45, 7) is 5.55. The van der Waals surface area contributed by atoms with Gasteiger partial charge in [-0.15, -0.1) is 13.2 Å². The highest BCUT2D eigenvalue weighted by Gasteiger charge is 2.31. The molecule has 0 fully saturated rings. The lowest BCUT2D eigenvalue weighted by Crippen LogP contribution is -2.16. The van der Waals surface area contributed by atoms with Crippen molar-refractivity contribution in [2.45, 2.75) is 13.3 Å². The molecule has 2 aromatic rings. The molecule has 0 aliphatic carbocycles. The molecule has 0 atom stereocenters. The highest BCUT2D eigenvalue weighted by atomic mass is 19.4. The van der Waals surface area contributed by atoms with Crippen LogP contribution < -0.4 is 15.2 Å². The van der Waals surface area contributed by atoms with E-state index in [0.717, 1.165) is 11.1 Å². The molecular formula is C17H16F3NO2. The van der Waals surface area contributed by atoms with Crippen LogP contribution in [0.25, 0.3) is 17.2 Å². The summed E-state index contributed by atoms with van der Waals surface area (Å²) in [5.41, 5.74) is 9.46. The maximum absolute atomic E-state index is 12.2. The average molecular weight is 323 g/mol. The highest BCUT2D eigenvalue weighted by molar-refractivity contribution is 5.81. The predicted molar refractivity (Wildman–Crippen MR) is 84.4 cm³/mol. The lowest BCUT2D eigenvalue weighted by Gasteiger charge is -2.16. The second-order valence-corrected chi connectivity index (χ2v) is 4.86. The van der Waals surface area contributed by atoms with E-state index in [2.05, 4.69) is 11.3 Å². The van der Waals surface area contributed by atoms with E-state index in [1.807, 2.05) is 6.92 Å². The molecule has 0 aliphatic heterocycles. The first-order valence-electron chi connectivity index (χ1n) is 6.72. The van der Waals surface area contributed by atoms with Crippen LogP contribution in [0.4, 0.5) is 18.9 Å². The summed E-state index contributed by atoms with van der Waals surface area (Å²) in [7, 11) is 1.53. The standard InChI is InChI=1S/C17H16F3NO2/c1-4-13-15(21)9-14(10(2)16(13)22-3)11-5-7-12(8-6-11)23-17(18,19)20/h4-9H,1,21H2,2-3H3. The largest absolute Gasteiger partial charge is 0.573 e. The van der Waals surface area contributed by atoms with Crippen molar-refractivity contribution in [2.75, 3.05) is 12.8 Å². The molecule has 2 N–H and O–H groups in total. The number of anilines is 1. The zero-order valence-corrected chi connectivity index (χ0v) is 12.7. The van der Waals surface area contributed by atoms with Crippen molar-refractivity contribution in [2.24, 2.45) is 0 Å². The minimum absolute atomic E-state index is 0.276. The Morgan fingerprint density at radius 1 is 1.17 bits per heavy atom. The second kappa shape index (κ2) is 6.24. The molecule has 0 saturated carbocycles. The maximum atomic E-state index is 12.2. The smallest absolute Gasteiger partial charge is 0.496 e. The van der Waals surface area contributed by atoms with Crippen LogP contribution in [0.3, 0.4) is 0 Å². The Balaban J connectivity index is 2.46. The fourth-order valence-electron chi connectivity index (χ4n) is 2.41. The predicted octanol–water partition coefficient (Wildman–Crippen LogP) is 4.79. The number of ether oxygens (including phenoxy) is 2. The van der Waals surface area contributed by atoms with Crippen LogP contribution in [0.1, 0.15) is 11.1 Å². The van der Waals surface area contributed by atoms with E-state index in [1.54, 1.807) is 12.1 Å². The van der Waals surface area contributed by atoms with Gasteiger partial charge >= 0.3 is 6.36 Å². The van der Waals surface area contributed by atoms with E-state index in [1.165, 1.54) is 31.4 Å². The topological polar surface area (TPSA) is 44.5 Å². The first-order valence-corrected chi connectivity index (χ1v) is 6.72. The summed E-state index contributed by atoms with van der Waals surface area (Å²) in [4.78, 5) is 0. The van der Waals surface area contributed by atoms with Crippen LogP contribution >= 0.6 is 0 Å². The zero-order chi connectivity index (χ0) is 17.2. The van der Waals surface area contributed by atoms with Crippen LogP contribution in [0.15, 0.2) is 36.9 Å². The van der Waals surface area contributed by atoms with Gasteiger partial charge in [-0.3, -0.25) is 0 Å². The lowest BCUT2D eigenvalue weighted by molar-refractivity contribution is -0.274. The van der Waals surface area contributed by atoms with Gasteiger partial charge in [0, 0.05) is 11.3 Å². The highest BCUT2D eigenvalue weighted by Crippen LogP contribution is 2.38. The molecule has 0 aromatic heterocycles. The molecule has 2 rings (SSSR count). The fourth-order valence-corrected chi connectivity index (χ4v) is 2.41. The van der Waals surface area contributed by atoms with E-state index >= 15 is 0 Å². The molecule has 6 heteroatoms. The number of halogens is 3. The third-order valence-corrected chi connectivity index (χ3v) is 3.41. The third kappa shape index (κ3) is 3.59. The van der Waals surface area contributed by atoms with Gasteiger partial charge in [0.25, 0.3) is 0 Å². The van der Waals surface area contributed by atoms with Gasteiger partial charge in [-0.1, -0.05) is 24.8 Å². The Labute approximate surface area is 132 Å². The molecule has 0 saturated heterocycles. The summed E-state index contributed by atoms with van der Waals surface area (Å²) in [5.74, 6) is 0.312. The van der Waals surface area contributed by atoms with Crippen LogP contribution in [-0.4, -0.2) is 13.5 Å². The van der Waals surface area contributed by atoms with E-state index < -0.39 is 6.36 Å².